The number of nitrogens with zero attached hydrogens (tertiary/aromatic N) is 2. The van der Waals surface area contributed by atoms with Gasteiger partial charge in [-0.3, -0.25) is 19.8 Å². The fourth-order valence-corrected chi connectivity index (χ4v) is 3.24. The summed E-state index contributed by atoms with van der Waals surface area (Å²) >= 11 is 0. The maximum Gasteiger partial charge on any atom is 0.325 e. The molecule has 8 nitrogen and oxygen atoms in total. The molecule has 1 N–H and O–H groups in total. The number of nitro benzene ring substituents is 1. The van der Waals surface area contributed by atoms with E-state index in [0.717, 1.165) is 16.2 Å². The van der Waals surface area contributed by atoms with Gasteiger partial charge >= 0.3 is 6.03 Å². The van der Waals surface area contributed by atoms with Crippen LogP contribution in [0.3, 0.4) is 0 Å². The normalized spacial score (nSPS) is 18.9. The van der Waals surface area contributed by atoms with E-state index in [1.54, 1.807) is 32.2 Å². The smallest absolute Gasteiger partial charge is 0.325 e. The molecule has 1 heterocycles. The number of amides is 3. The van der Waals surface area contributed by atoms with Gasteiger partial charge < -0.3 is 10.1 Å². The van der Waals surface area contributed by atoms with Crippen molar-refractivity contribution in [3.63, 3.8) is 0 Å². The Labute approximate surface area is 162 Å². The summed E-state index contributed by atoms with van der Waals surface area (Å²) in [6.45, 7) is 1.54. The van der Waals surface area contributed by atoms with Crippen LogP contribution in [0.4, 0.5) is 10.5 Å². The van der Waals surface area contributed by atoms with Crippen molar-refractivity contribution in [1.29, 1.82) is 0 Å². The third-order valence-corrected chi connectivity index (χ3v) is 4.93. The van der Waals surface area contributed by atoms with Gasteiger partial charge in [0.2, 0.25) is 0 Å². The molecule has 1 atom stereocenters. The highest BCUT2D eigenvalue weighted by Crippen LogP contribution is 2.27. The van der Waals surface area contributed by atoms with Crippen molar-refractivity contribution in [2.45, 2.75) is 31.8 Å². The Morgan fingerprint density at radius 1 is 1.14 bits per heavy atom. The van der Waals surface area contributed by atoms with Crippen LogP contribution in [0.5, 0.6) is 5.75 Å². The summed E-state index contributed by atoms with van der Waals surface area (Å²) in [6.07, 6.45) is 1.00. The quantitative estimate of drug-likeness (QED) is 0.450. The number of methoxy groups -OCH3 is 1. The molecule has 1 aliphatic heterocycles. The lowest BCUT2D eigenvalue weighted by Gasteiger charge is -2.21. The summed E-state index contributed by atoms with van der Waals surface area (Å²) in [5, 5.41) is 13.9. The fourth-order valence-electron chi connectivity index (χ4n) is 3.24. The van der Waals surface area contributed by atoms with Gasteiger partial charge in [-0.05, 0) is 37.5 Å². The predicted molar refractivity (Wildman–Crippen MR) is 102 cm³/mol. The van der Waals surface area contributed by atoms with Crippen molar-refractivity contribution in [3.05, 3.63) is 69.8 Å². The minimum absolute atomic E-state index is 0.116. The molecule has 0 saturated carbocycles. The number of para-hydroxylation sites is 1. The van der Waals surface area contributed by atoms with Gasteiger partial charge in [-0.1, -0.05) is 30.3 Å². The minimum Gasteiger partial charge on any atom is -0.497 e. The summed E-state index contributed by atoms with van der Waals surface area (Å²) in [6, 6.07) is 13.1. The molecule has 2 aromatic rings. The zero-order chi connectivity index (χ0) is 20.3. The summed E-state index contributed by atoms with van der Waals surface area (Å²) in [5.74, 6) is 0.361. The molecule has 3 amide bonds. The highest BCUT2D eigenvalue weighted by molar-refractivity contribution is 6.06. The van der Waals surface area contributed by atoms with E-state index < -0.39 is 16.5 Å². The Bertz CT molecular complexity index is 912. The van der Waals surface area contributed by atoms with Crippen LogP contribution in [0.1, 0.15) is 24.5 Å². The first kappa shape index (κ1) is 19.3. The largest absolute Gasteiger partial charge is 0.497 e. The fraction of sp³-hybridized carbons (Fsp3) is 0.300. The summed E-state index contributed by atoms with van der Waals surface area (Å²) in [4.78, 5) is 37.0. The van der Waals surface area contributed by atoms with Crippen molar-refractivity contribution >= 4 is 17.6 Å². The highest BCUT2D eigenvalue weighted by Gasteiger charge is 2.47. The van der Waals surface area contributed by atoms with Crippen LogP contribution in [0.25, 0.3) is 0 Å². The van der Waals surface area contributed by atoms with Crippen LogP contribution in [0.2, 0.25) is 0 Å². The van der Waals surface area contributed by atoms with Crippen molar-refractivity contribution in [1.82, 2.24) is 10.2 Å². The van der Waals surface area contributed by atoms with Crippen LogP contribution in [-0.2, 0) is 17.8 Å². The summed E-state index contributed by atoms with van der Waals surface area (Å²) in [7, 11) is 1.59. The molecule has 0 aromatic heterocycles. The zero-order valence-corrected chi connectivity index (χ0v) is 15.7. The van der Waals surface area contributed by atoms with Crippen LogP contribution in [0, 0.1) is 10.1 Å². The molecule has 0 unspecified atom stereocenters. The Balaban J connectivity index is 1.72. The van der Waals surface area contributed by atoms with Gasteiger partial charge in [0, 0.05) is 11.6 Å². The van der Waals surface area contributed by atoms with Gasteiger partial charge in [0.15, 0.2) is 0 Å². The third-order valence-electron chi connectivity index (χ3n) is 4.93. The standard InChI is InChI=1S/C20H21N3O5/c1-20(12-11-14-7-9-16(28-2)10-8-14)18(24)22(19(25)21-20)13-15-5-3-4-6-17(15)23(26)27/h3-10H,11-13H2,1-2H3,(H,21,25)/t20-/m1/s1. The maximum atomic E-state index is 12.9. The average molecular weight is 383 g/mol. The lowest BCUT2D eigenvalue weighted by atomic mass is 9.93. The van der Waals surface area contributed by atoms with Crippen molar-refractivity contribution in [2.75, 3.05) is 7.11 Å². The predicted octanol–water partition coefficient (Wildman–Crippen LogP) is 3.05. The number of aryl methyl sites for hydroxylation is 1. The summed E-state index contributed by atoms with van der Waals surface area (Å²) < 4.78 is 5.13. The molecule has 0 aliphatic carbocycles. The Morgan fingerprint density at radius 2 is 1.82 bits per heavy atom. The molecule has 28 heavy (non-hydrogen) atoms. The number of nitrogens with one attached hydrogen (secondary N) is 1. The molecule has 0 spiro atoms. The first-order valence-electron chi connectivity index (χ1n) is 8.83. The lowest BCUT2D eigenvalue weighted by molar-refractivity contribution is -0.385. The molecule has 1 saturated heterocycles. The van der Waals surface area contributed by atoms with E-state index in [0.29, 0.717) is 18.4 Å². The number of hydrogen-bond donors (Lipinski definition) is 1. The number of urea groups is 1. The second-order valence-corrected chi connectivity index (χ2v) is 6.89. The number of benzene rings is 2. The highest BCUT2D eigenvalue weighted by atomic mass is 16.6. The van der Waals surface area contributed by atoms with E-state index in [1.807, 2.05) is 24.3 Å². The minimum atomic E-state index is -1.05. The number of nitro groups is 1. The molecule has 0 radical (unpaired) electrons. The van der Waals surface area contributed by atoms with Gasteiger partial charge in [0.1, 0.15) is 11.3 Å². The van der Waals surface area contributed by atoms with Gasteiger partial charge in [0.05, 0.1) is 18.6 Å². The van der Waals surface area contributed by atoms with Crippen molar-refractivity contribution < 1.29 is 19.2 Å². The second-order valence-electron chi connectivity index (χ2n) is 6.89. The van der Waals surface area contributed by atoms with E-state index in [2.05, 4.69) is 5.32 Å². The van der Waals surface area contributed by atoms with E-state index >= 15 is 0 Å². The van der Waals surface area contributed by atoms with E-state index in [9.17, 15) is 19.7 Å². The number of carbonyl (C=O) groups is 2. The summed E-state index contributed by atoms with van der Waals surface area (Å²) in [5.41, 5.74) is 0.159. The monoisotopic (exact) mass is 383 g/mol. The van der Waals surface area contributed by atoms with E-state index in [-0.39, 0.29) is 18.1 Å². The first-order valence-corrected chi connectivity index (χ1v) is 8.83. The average Bonchev–Trinajstić information content (AvgIpc) is 2.90. The maximum absolute atomic E-state index is 12.9. The van der Waals surface area contributed by atoms with Crippen LogP contribution in [0.15, 0.2) is 48.5 Å². The van der Waals surface area contributed by atoms with E-state index in [4.69, 9.17) is 4.74 Å². The third kappa shape index (κ3) is 3.80. The molecule has 1 fully saturated rings. The Hall–Kier alpha value is -3.42. The molecule has 2 aromatic carbocycles. The molecule has 8 heteroatoms. The van der Waals surface area contributed by atoms with Crippen molar-refractivity contribution in [3.8, 4) is 5.75 Å². The molecular weight excluding hydrogens is 362 g/mol. The molecular formula is C20H21N3O5. The van der Waals surface area contributed by atoms with Gasteiger partial charge in [-0.15, -0.1) is 0 Å². The second kappa shape index (κ2) is 7.67. The Kier molecular flexibility index (Phi) is 5.30. The van der Waals surface area contributed by atoms with Gasteiger partial charge in [-0.2, -0.15) is 0 Å². The van der Waals surface area contributed by atoms with E-state index in [1.165, 1.54) is 6.07 Å². The van der Waals surface area contributed by atoms with Crippen LogP contribution < -0.4 is 10.1 Å². The SMILES string of the molecule is COc1ccc(CC[C@@]2(C)NC(=O)N(Cc3ccccc3[N+](=O)[O-])C2=O)cc1. The number of imide groups is 1. The van der Waals surface area contributed by atoms with Crippen LogP contribution >= 0.6 is 0 Å². The first-order chi connectivity index (χ1) is 13.3. The van der Waals surface area contributed by atoms with Gasteiger partial charge in [0.25, 0.3) is 11.6 Å². The van der Waals surface area contributed by atoms with Crippen LogP contribution in [-0.4, -0.2) is 34.4 Å². The number of rotatable bonds is 7. The topological polar surface area (TPSA) is 102 Å². The number of ether oxygens (including phenoxy) is 1. The number of hydrogen-bond acceptors (Lipinski definition) is 5. The van der Waals surface area contributed by atoms with Crippen molar-refractivity contribution in [2.24, 2.45) is 0 Å². The van der Waals surface area contributed by atoms with Gasteiger partial charge in [-0.25, -0.2) is 4.79 Å². The zero-order valence-electron chi connectivity index (χ0n) is 15.7. The molecule has 1 aliphatic rings. The number of carbonyl (C=O) groups excluding carboxylic acids is 2. The molecule has 3 rings (SSSR count). The lowest BCUT2D eigenvalue weighted by Crippen LogP contribution is -2.44. The Morgan fingerprint density at radius 3 is 2.46 bits per heavy atom. The molecule has 146 valence electrons. The molecule has 0 bridgehead atoms.